The quantitative estimate of drug-likeness (QED) is 0.708. The van der Waals surface area contributed by atoms with Crippen molar-refractivity contribution in [2.24, 2.45) is 0 Å². The number of aryl methyl sites for hydroxylation is 1. The van der Waals surface area contributed by atoms with Crippen LogP contribution < -0.4 is 4.90 Å². The molecule has 1 nitrogen and oxygen atoms in total. The summed E-state index contributed by atoms with van der Waals surface area (Å²) in [5.74, 6) is 0. The van der Waals surface area contributed by atoms with E-state index in [0.717, 1.165) is 18.4 Å². The molecular weight excluding hydrogens is 298 g/mol. The number of halogens is 1. The van der Waals surface area contributed by atoms with Crippen LogP contribution in [0.3, 0.4) is 0 Å². The van der Waals surface area contributed by atoms with Crippen LogP contribution in [0.15, 0.2) is 48.5 Å². The molecule has 0 aromatic heterocycles. The summed E-state index contributed by atoms with van der Waals surface area (Å²) in [7, 11) is 0. The van der Waals surface area contributed by atoms with Crippen molar-refractivity contribution in [1.82, 2.24) is 0 Å². The third-order valence-corrected chi connectivity index (χ3v) is 3.92. The number of anilines is 1. The van der Waals surface area contributed by atoms with E-state index in [1.165, 1.54) is 22.4 Å². The maximum Gasteiger partial charge on any atom is 0.0429 e. The monoisotopic (exact) mass is 317 g/mol. The van der Waals surface area contributed by atoms with Gasteiger partial charge in [-0.25, -0.2) is 0 Å². The van der Waals surface area contributed by atoms with Crippen LogP contribution in [-0.4, -0.2) is 6.54 Å². The molecule has 0 aliphatic heterocycles. The van der Waals surface area contributed by atoms with E-state index in [1.54, 1.807) is 0 Å². The molecule has 0 saturated heterocycles. The van der Waals surface area contributed by atoms with E-state index in [2.05, 4.69) is 83.2 Å². The molecule has 0 amide bonds. The van der Waals surface area contributed by atoms with Gasteiger partial charge in [-0.1, -0.05) is 64.0 Å². The number of hydrogen-bond donors (Lipinski definition) is 0. The van der Waals surface area contributed by atoms with E-state index in [4.69, 9.17) is 0 Å². The summed E-state index contributed by atoms with van der Waals surface area (Å²) >= 11 is 3.60. The highest BCUT2D eigenvalue weighted by Crippen LogP contribution is 2.25. The van der Waals surface area contributed by atoms with Gasteiger partial charge in [0.15, 0.2) is 0 Å². The number of alkyl halides is 1. The summed E-state index contributed by atoms with van der Waals surface area (Å²) in [4.78, 5) is 2.42. The van der Waals surface area contributed by atoms with Crippen LogP contribution in [0.1, 0.15) is 23.6 Å². The topological polar surface area (TPSA) is 3.24 Å². The van der Waals surface area contributed by atoms with Crippen molar-refractivity contribution in [3.63, 3.8) is 0 Å². The second-order valence-corrected chi connectivity index (χ2v) is 5.33. The molecule has 0 radical (unpaired) electrons. The molecule has 2 heteroatoms. The van der Waals surface area contributed by atoms with Crippen molar-refractivity contribution < 1.29 is 0 Å². The normalized spacial score (nSPS) is 10.5. The third kappa shape index (κ3) is 3.60. The maximum atomic E-state index is 3.60. The first-order valence-corrected chi connectivity index (χ1v) is 7.81. The Kier molecular flexibility index (Phi) is 5.03. The summed E-state index contributed by atoms with van der Waals surface area (Å²) in [5, 5.41) is 0.898. The maximum absolute atomic E-state index is 3.60. The Morgan fingerprint density at radius 1 is 1.05 bits per heavy atom. The van der Waals surface area contributed by atoms with Gasteiger partial charge in [0.1, 0.15) is 0 Å². The Labute approximate surface area is 124 Å². The zero-order valence-corrected chi connectivity index (χ0v) is 13.2. The lowest BCUT2D eigenvalue weighted by atomic mass is 10.1. The van der Waals surface area contributed by atoms with Gasteiger partial charge in [0.05, 0.1) is 0 Å². The minimum Gasteiger partial charge on any atom is -0.367 e. The number of rotatable bonds is 5. The Morgan fingerprint density at radius 2 is 1.79 bits per heavy atom. The Bertz CT molecular complexity index is 522. The summed E-state index contributed by atoms with van der Waals surface area (Å²) < 4.78 is 0. The van der Waals surface area contributed by atoms with Crippen molar-refractivity contribution in [2.45, 2.75) is 25.7 Å². The van der Waals surface area contributed by atoms with E-state index in [-0.39, 0.29) is 0 Å². The van der Waals surface area contributed by atoms with Crippen LogP contribution in [0, 0.1) is 6.92 Å². The van der Waals surface area contributed by atoms with Crippen molar-refractivity contribution in [3.05, 3.63) is 65.2 Å². The molecule has 0 atom stereocenters. The second kappa shape index (κ2) is 6.76. The average molecular weight is 318 g/mol. The van der Waals surface area contributed by atoms with Gasteiger partial charge < -0.3 is 4.90 Å². The van der Waals surface area contributed by atoms with Gasteiger partial charge in [-0.15, -0.1) is 0 Å². The van der Waals surface area contributed by atoms with E-state index in [0.29, 0.717) is 0 Å². The molecule has 0 aliphatic carbocycles. The number of nitrogens with zero attached hydrogens (tertiary/aromatic N) is 1. The predicted molar refractivity (Wildman–Crippen MR) is 87.0 cm³/mol. The van der Waals surface area contributed by atoms with Gasteiger partial charge in [-0.2, -0.15) is 0 Å². The van der Waals surface area contributed by atoms with Crippen molar-refractivity contribution in [1.29, 1.82) is 0 Å². The molecular formula is C17H20BrN. The molecule has 2 rings (SSSR count). The molecule has 0 N–H and O–H groups in total. The number of benzene rings is 2. The second-order valence-electron chi connectivity index (χ2n) is 4.77. The first kappa shape index (κ1) is 14.1. The zero-order chi connectivity index (χ0) is 13.7. The van der Waals surface area contributed by atoms with Crippen molar-refractivity contribution in [2.75, 3.05) is 11.4 Å². The first-order valence-electron chi connectivity index (χ1n) is 6.69. The molecule has 19 heavy (non-hydrogen) atoms. The largest absolute Gasteiger partial charge is 0.367 e. The van der Waals surface area contributed by atoms with Crippen LogP contribution in [-0.2, 0) is 11.9 Å². The fourth-order valence-electron chi connectivity index (χ4n) is 2.30. The van der Waals surface area contributed by atoms with Crippen LogP contribution in [0.2, 0.25) is 0 Å². The fraction of sp³-hybridized carbons (Fsp3) is 0.294. The van der Waals surface area contributed by atoms with Crippen molar-refractivity contribution >= 4 is 21.6 Å². The molecule has 0 aliphatic rings. The highest BCUT2D eigenvalue weighted by molar-refractivity contribution is 9.08. The molecule has 0 saturated carbocycles. The van der Waals surface area contributed by atoms with Gasteiger partial charge in [0, 0.05) is 24.1 Å². The van der Waals surface area contributed by atoms with Gasteiger partial charge >= 0.3 is 0 Å². The predicted octanol–water partition coefficient (Wildman–Crippen LogP) is 4.92. The van der Waals surface area contributed by atoms with Crippen LogP contribution in [0.4, 0.5) is 5.69 Å². The van der Waals surface area contributed by atoms with Gasteiger partial charge in [-0.05, 0) is 31.0 Å². The number of hydrogen-bond acceptors (Lipinski definition) is 1. The Hall–Kier alpha value is -1.28. The SMILES string of the molecule is CCN(Cc1ccccc1)c1ccc(C)cc1CBr. The summed E-state index contributed by atoms with van der Waals surface area (Å²) in [6.45, 7) is 6.32. The molecule has 0 spiro atoms. The van der Waals surface area contributed by atoms with Crippen LogP contribution in [0.5, 0.6) is 0 Å². The van der Waals surface area contributed by atoms with E-state index < -0.39 is 0 Å². The Balaban J connectivity index is 2.27. The average Bonchev–Trinajstić information content (AvgIpc) is 2.46. The lowest BCUT2D eigenvalue weighted by Crippen LogP contribution is -2.23. The highest BCUT2D eigenvalue weighted by Gasteiger charge is 2.09. The van der Waals surface area contributed by atoms with Crippen LogP contribution in [0.25, 0.3) is 0 Å². The molecule has 2 aromatic rings. The standard InChI is InChI=1S/C17H20BrN/c1-3-19(13-15-7-5-4-6-8-15)17-10-9-14(2)11-16(17)12-18/h4-11H,3,12-13H2,1-2H3. The highest BCUT2D eigenvalue weighted by atomic mass is 79.9. The van der Waals surface area contributed by atoms with Crippen LogP contribution >= 0.6 is 15.9 Å². The molecule has 0 fully saturated rings. The van der Waals surface area contributed by atoms with Gasteiger partial charge in [0.25, 0.3) is 0 Å². The summed E-state index contributed by atoms with van der Waals surface area (Å²) in [6, 6.07) is 17.3. The third-order valence-electron chi connectivity index (χ3n) is 3.32. The van der Waals surface area contributed by atoms with E-state index >= 15 is 0 Å². The molecule has 0 heterocycles. The fourth-order valence-corrected chi connectivity index (χ4v) is 2.75. The summed E-state index contributed by atoms with van der Waals surface area (Å²) in [5.41, 5.74) is 5.35. The lowest BCUT2D eigenvalue weighted by Gasteiger charge is -2.26. The van der Waals surface area contributed by atoms with E-state index in [1.807, 2.05) is 0 Å². The zero-order valence-electron chi connectivity index (χ0n) is 11.6. The molecule has 2 aromatic carbocycles. The smallest absolute Gasteiger partial charge is 0.0429 e. The first-order chi connectivity index (χ1) is 9.24. The molecule has 0 bridgehead atoms. The van der Waals surface area contributed by atoms with Gasteiger partial charge in [-0.3, -0.25) is 0 Å². The minimum absolute atomic E-state index is 0.898. The summed E-state index contributed by atoms with van der Waals surface area (Å²) in [6.07, 6.45) is 0. The molecule has 0 unspecified atom stereocenters. The van der Waals surface area contributed by atoms with E-state index in [9.17, 15) is 0 Å². The lowest BCUT2D eigenvalue weighted by molar-refractivity contribution is 0.827. The Morgan fingerprint density at radius 3 is 2.42 bits per heavy atom. The minimum atomic E-state index is 0.898. The van der Waals surface area contributed by atoms with Crippen molar-refractivity contribution in [3.8, 4) is 0 Å². The molecule has 100 valence electrons. The van der Waals surface area contributed by atoms with Gasteiger partial charge in [0.2, 0.25) is 0 Å².